The topological polar surface area (TPSA) is 175 Å². The van der Waals surface area contributed by atoms with Crippen LogP contribution in [0.15, 0.2) is 71.5 Å². The number of piperidine rings is 1. The van der Waals surface area contributed by atoms with E-state index in [1.807, 2.05) is 65.1 Å². The molecular formula is C44H47FN10O4. The van der Waals surface area contributed by atoms with E-state index < -0.39 is 23.5 Å². The third-order valence-electron chi connectivity index (χ3n) is 11.2. The second-order valence-electron chi connectivity index (χ2n) is 16.5. The van der Waals surface area contributed by atoms with Crippen molar-refractivity contribution in [3.8, 4) is 22.5 Å². The summed E-state index contributed by atoms with van der Waals surface area (Å²) in [6, 6.07) is 17.0. The Morgan fingerprint density at radius 2 is 1.81 bits per heavy atom. The Hall–Kier alpha value is -6.35. The van der Waals surface area contributed by atoms with E-state index in [9.17, 15) is 14.4 Å². The molecule has 1 unspecified atom stereocenters. The molecule has 2 aromatic carbocycles. The summed E-state index contributed by atoms with van der Waals surface area (Å²) in [4.78, 5) is 55.1. The molecule has 0 radical (unpaired) electrons. The number of fused-ring (bicyclic) bond motifs is 1. The lowest BCUT2D eigenvalue weighted by Gasteiger charge is -2.36. The van der Waals surface area contributed by atoms with Gasteiger partial charge in [-0.15, -0.1) is 0 Å². The number of aromatic nitrogens is 6. The maximum Gasteiger partial charge on any atom is 0.293 e. The number of imide groups is 1. The zero-order chi connectivity index (χ0) is 41.4. The maximum atomic E-state index is 15.0. The van der Waals surface area contributed by atoms with E-state index in [1.165, 1.54) is 6.07 Å². The van der Waals surface area contributed by atoms with Crippen molar-refractivity contribution in [2.45, 2.75) is 71.3 Å². The molecule has 0 saturated carbocycles. The molecule has 4 aromatic heterocycles. The molecule has 3 amide bonds. The van der Waals surface area contributed by atoms with E-state index >= 15 is 4.39 Å². The highest BCUT2D eigenvalue weighted by Crippen LogP contribution is 2.32. The van der Waals surface area contributed by atoms with Crippen LogP contribution in [0.5, 0.6) is 0 Å². The van der Waals surface area contributed by atoms with Gasteiger partial charge in [0.2, 0.25) is 17.7 Å². The van der Waals surface area contributed by atoms with E-state index in [-0.39, 0.29) is 29.6 Å². The van der Waals surface area contributed by atoms with E-state index in [0.717, 1.165) is 83.0 Å². The molecular weight excluding hydrogens is 752 g/mol. The molecule has 14 nitrogen and oxygen atoms in total. The van der Waals surface area contributed by atoms with Gasteiger partial charge >= 0.3 is 0 Å². The molecule has 6 aromatic rings. The summed E-state index contributed by atoms with van der Waals surface area (Å²) in [6.45, 7) is 14.0. The molecule has 8 rings (SSSR count). The summed E-state index contributed by atoms with van der Waals surface area (Å²) in [5.74, 6) is -1.75. The van der Waals surface area contributed by atoms with Crippen LogP contribution in [0.25, 0.3) is 33.5 Å². The van der Waals surface area contributed by atoms with Gasteiger partial charge in [0.05, 0.1) is 35.2 Å². The number of nitrogens with one attached hydrogen (secondary N) is 3. The van der Waals surface area contributed by atoms with E-state index in [2.05, 4.69) is 64.0 Å². The van der Waals surface area contributed by atoms with E-state index in [1.54, 1.807) is 12.3 Å². The summed E-state index contributed by atoms with van der Waals surface area (Å²) in [6.07, 6.45) is 4.94. The van der Waals surface area contributed by atoms with Crippen LogP contribution in [0, 0.1) is 12.7 Å². The Kier molecular flexibility index (Phi) is 10.8. The Morgan fingerprint density at radius 1 is 1.00 bits per heavy atom. The van der Waals surface area contributed by atoms with Crippen molar-refractivity contribution in [3.63, 3.8) is 0 Å². The van der Waals surface area contributed by atoms with Crippen LogP contribution < -0.4 is 15.5 Å². The van der Waals surface area contributed by atoms with Gasteiger partial charge in [0, 0.05) is 72.8 Å². The number of nitrogens with zero attached hydrogens (tertiary/aromatic N) is 7. The summed E-state index contributed by atoms with van der Waals surface area (Å²) in [5, 5.41) is 17.7. The van der Waals surface area contributed by atoms with Gasteiger partial charge in [0.25, 0.3) is 11.7 Å². The van der Waals surface area contributed by atoms with Gasteiger partial charge in [-0.2, -0.15) is 10.1 Å². The molecule has 2 aliphatic rings. The molecule has 0 bridgehead atoms. The van der Waals surface area contributed by atoms with E-state index in [4.69, 9.17) is 9.51 Å². The number of aryl methyl sites for hydroxylation is 1. The SMILES string of the molecule is Cc1cc(-c2[nH]nc3ncc(-c4ccc(N5CCN(CCc6ccc([C@@H]7CCC(=O)NC7=O)c(F)c6)CC5)cn4)cc23)ccc1C(C)NC(=O)c1noc(C(C)(C)C)n1. The van der Waals surface area contributed by atoms with Crippen LogP contribution in [-0.2, 0) is 21.4 Å². The third kappa shape index (κ3) is 8.46. The number of halogens is 1. The minimum Gasteiger partial charge on any atom is -0.368 e. The largest absolute Gasteiger partial charge is 0.368 e. The average molecular weight is 799 g/mol. The molecule has 15 heteroatoms. The zero-order valence-electron chi connectivity index (χ0n) is 33.8. The molecule has 2 fully saturated rings. The number of anilines is 1. The number of carbonyl (C=O) groups excluding carboxylic acids is 3. The number of hydrogen-bond acceptors (Lipinski definition) is 11. The van der Waals surface area contributed by atoms with Gasteiger partial charge < -0.3 is 14.7 Å². The first-order valence-electron chi connectivity index (χ1n) is 20.0. The average Bonchev–Trinajstić information content (AvgIpc) is 3.90. The molecule has 3 N–H and O–H groups in total. The third-order valence-corrected chi connectivity index (χ3v) is 11.2. The molecule has 59 heavy (non-hydrogen) atoms. The lowest BCUT2D eigenvalue weighted by molar-refractivity contribution is -0.134. The van der Waals surface area contributed by atoms with Crippen molar-refractivity contribution in [2.24, 2.45) is 0 Å². The molecule has 304 valence electrons. The lowest BCUT2D eigenvalue weighted by atomic mass is 9.89. The summed E-state index contributed by atoms with van der Waals surface area (Å²) < 4.78 is 20.3. The number of piperazine rings is 1. The number of aromatic amines is 1. The Bertz CT molecular complexity index is 2540. The van der Waals surface area contributed by atoms with Crippen LogP contribution >= 0.6 is 0 Å². The second-order valence-corrected chi connectivity index (χ2v) is 16.5. The second kappa shape index (κ2) is 16.1. The van der Waals surface area contributed by atoms with Crippen molar-refractivity contribution in [1.29, 1.82) is 0 Å². The lowest BCUT2D eigenvalue weighted by Crippen LogP contribution is -2.47. The van der Waals surface area contributed by atoms with Gasteiger partial charge in [0.15, 0.2) is 5.65 Å². The van der Waals surface area contributed by atoms with Crippen LogP contribution in [0.3, 0.4) is 0 Å². The molecule has 0 spiro atoms. The predicted molar refractivity (Wildman–Crippen MR) is 220 cm³/mol. The molecule has 2 saturated heterocycles. The van der Waals surface area contributed by atoms with Crippen molar-refractivity contribution in [2.75, 3.05) is 37.6 Å². The highest BCUT2D eigenvalue weighted by molar-refractivity contribution is 6.01. The van der Waals surface area contributed by atoms with Crippen molar-refractivity contribution >= 4 is 34.4 Å². The quantitative estimate of drug-likeness (QED) is 0.135. The fraction of sp³-hybridized carbons (Fsp3) is 0.364. The van der Waals surface area contributed by atoms with Crippen LogP contribution in [-0.4, -0.2) is 85.7 Å². The van der Waals surface area contributed by atoms with Crippen LogP contribution in [0.1, 0.15) is 91.3 Å². The predicted octanol–water partition coefficient (Wildman–Crippen LogP) is 6.19. The van der Waals surface area contributed by atoms with Crippen molar-refractivity contribution in [3.05, 3.63) is 107 Å². The standard InChI is InChI=1S/C44H47FN10O4/c1-25-20-28(7-10-31(25)26(2)48-42(58)40-50-43(59-53-40)44(3,4)5)38-34-22-29(23-47-39(34)52-51-38)36-12-8-30(24-46-36)55-18-16-54(17-19-55)15-14-27-6-9-32(35(45)21-27)33-11-13-37(56)49-41(33)57/h6-10,12,20-24,26,33H,11,13-19H2,1-5H3,(H,48,58)(H,47,51,52)(H,49,56,57)/t26?,33-/m0/s1. The van der Waals surface area contributed by atoms with Gasteiger partial charge in [-0.25, -0.2) is 9.37 Å². The fourth-order valence-corrected chi connectivity index (χ4v) is 7.80. The zero-order valence-corrected chi connectivity index (χ0v) is 33.8. The Morgan fingerprint density at radius 3 is 2.51 bits per heavy atom. The van der Waals surface area contributed by atoms with Crippen LogP contribution in [0.4, 0.5) is 10.1 Å². The highest BCUT2D eigenvalue weighted by atomic mass is 19.1. The Labute approximate surface area is 341 Å². The van der Waals surface area contributed by atoms with Gasteiger partial charge in [0.1, 0.15) is 5.82 Å². The summed E-state index contributed by atoms with van der Waals surface area (Å²) >= 11 is 0. The minimum absolute atomic E-state index is 0.00779. The highest BCUT2D eigenvalue weighted by Gasteiger charge is 2.30. The molecule has 2 aliphatic heterocycles. The van der Waals surface area contributed by atoms with Gasteiger partial charge in [-0.3, -0.25) is 34.7 Å². The monoisotopic (exact) mass is 798 g/mol. The fourth-order valence-electron chi connectivity index (χ4n) is 7.80. The number of carbonyl (C=O) groups is 3. The summed E-state index contributed by atoms with van der Waals surface area (Å²) in [7, 11) is 0. The van der Waals surface area contributed by atoms with E-state index in [0.29, 0.717) is 29.9 Å². The van der Waals surface area contributed by atoms with Crippen molar-refractivity contribution < 1.29 is 23.3 Å². The first kappa shape index (κ1) is 39.5. The number of rotatable bonds is 10. The number of benzene rings is 2. The molecule has 0 aliphatic carbocycles. The van der Waals surface area contributed by atoms with Gasteiger partial charge in [-0.05, 0) is 73.7 Å². The normalized spacial score (nSPS) is 17.0. The van der Waals surface area contributed by atoms with Crippen LogP contribution in [0.2, 0.25) is 0 Å². The summed E-state index contributed by atoms with van der Waals surface area (Å²) in [5.41, 5.74) is 7.94. The van der Waals surface area contributed by atoms with Gasteiger partial charge in [-0.1, -0.05) is 50.2 Å². The van der Waals surface area contributed by atoms with Crippen molar-refractivity contribution in [1.82, 2.24) is 45.8 Å². The molecule has 2 atom stereocenters. The minimum atomic E-state index is -0.629. The number of hydrogen-bond donors (Lipinski definition) is 3. The first-order valence-corrected chi connectivity index (χ1v) is 20.0. The first-order chi connectivity index (χ1) is 28.3. The smallest absolute Gasteiger partial charge is 0.293 e. The Balaban J connectivity index is 0.870. The number of pyridine rings is 2. The number of amides is 3. The molecule has 6 heterocycles. The number of H-pyrrole nitrogens is 1. The maximum absolute atomic E-state index is 15.0.